The number of aromatic hydroxyl groups is 1. The first-order valence-electron chi connectivity index (χ1n) is 9.25. The quantitative estimate of drug-likeness (QED) is 0.902. The van der Waals surface area contributed by atoms with Crippen LogP contribution >= 0.6 is 0 Å². The fraction of sp³-hybridized carbons (Fsp3) is 0.500. The molecule has 1 aliphatic carbocycles. The zero-order valence-electron chi connectivity index (χ0n) is 14.5. The van der Waals surface area contributed by atoms with Crippen molar-refractivity contribution in [3.05, 3.63) is 39.7 Å². The highest BCUT2D eigenvalue weighted by atomic mass is 16.3. The highest BCUT2D eigenvalue weighted by Crippen LogP contribution is 2.36. The predicted molar refractivity (Wildman–Crippen MR) is 97.2 cm³/mol. The third kappa shape index (κ3) is 2.62. The van der Waals surface area contributed by atoms with Crippen molar-refractivity contribution in [1.29, 1.82) is 0 Å². The van der Waals surface area contributed by atoms with E-state index in [0.29, 0.717) is 17.8 Å². The number of carbonyl (C=O) groups excluding carboxylic acids is 1. The van der Waals surface area contributed by atoms with Gasteiger partial charge in [-0.05, 0) is 43.7 Å². The van der Waals surface area contributed by atoms with Gasteiger partial charge in [0.05, 0.1) is 5.52 Å². The lowest BCUT2D eigenvalue weighted by Gasteiger charge is -2.22. The first kappa shape index (κ1) is 16.2. The zero-order valence-corrected chi connectivity index (χ0v) is 14.5. The van der Waals surface area contributed by atoms with Gasteiger partial charge >= 0.3 is 0 Å². The fourth-order valence-corrected chi connectivity index (χ4v) is 4.44. The normalized spacial score (nSPS) is 20.1. The lowest BCUT2D eigenvalue weighted by molar-refractivity contribution is 0.0939. The van der Waals surface area contributed by atoms with Gasteiger partial charge in [-0.15, -0.1) is 0 Å². The number of nitrogens with zero attached hydrogens (tertiary/aromatic N) is 1. The number of hydrogen-bond donors (Lipinski definition) is 2. The maximum atomic E-state index is 12.9. The second kappa shape index (κ2) is 6.21. The molecular formula is C20H24N2O3. The molecule has 1 fully saturated rings. The van der Waals surface area contributed by atoms with Crippen LogP contribution in [-0.4, -0.2) is 22.1 Å². The second-order valence-corrected chi connectivity index (χ2v) is 7.48. The highest BCUT2D eigenvalue weighted by molar-refractivity contribution is 6.03. The molecule has 132 valence electrons. The molecule has 0 radical (unpaired) electrons. The summed E-state index contributed by atoms with van der Waals surface area (Å²) in [5, 5.41) is 14.1. The Kier molecular flexibility index (Phi) is 4.02. The SMILES string of the molecule is C[C@@H]1Cc2cccc3c(O)c(C(=O)NCC4CCCCC4)c(=O)n1c23. The van der Waals surface area contributed by atoms with Gasteiger partial charge < -0.3 is 15.0 Å². The summed E-state index contributed by atoms with van der Waals surface area (Å²) in [5.41, 5.74) is 1.31. The minimum atomic E-state index is -0.455. The molecule has 2 aromatic rings. The van der Waals surface area contributed by atoms with Crippen molar-refractivity contribution in [3.63, 3.8) is 0 Å². The van der Waals surface area contributed by atoms with E-state index in [-0.39, 0.29) is 22.9 Å². The van der Waals surface area contributed by atoms with Gasteiger partial charge in [-0.2, -0.15) is 0 Å². The molecule has 2 aliphatic rings. The zero-order chi connectivity index (χ0) is 17.6. The molecule has 1 aromatic carbocycles. The Morgan fingerprint density at radius 2 is 2.04 bits per heavy atom. The molecule has 2 heterocycles. The molecular weight excluding hydrogens is 316 g/mol. The average Bonchev–Trinajstić information content (AvgIpc) is 2.96. The molecule has 0 saturated heterocycles. The maximum absolute atomic E-state index is 12.9. The minimum absolute atomic E-state index is 0.00195. The number of rotatable bonds is 3. The molecule has 1 aromatic heterocycles. The summed E-state index contributed by atoms with van der Waals surface area (Å²) in [6.07, 6.45) is 6.66. The summed E-state index contributed by atoms with van der Waals surface area (Å²) in [6, 6.07) is 5.62. The Bertz CT molecular complexity index is 894. The first-order valence-corrected chi connectivity index (χ1v) is 9.25. The van der Waals surface area contributed by atoms with Crippen molar-refractivity contribution in [2.75, 3.05) is 6.54 Å². The molecule has 5 nitrogen and oxygen atoms in total. The van der Waals surface area contributed by atoms with E-state index in [2.05, 4.69) is 5.32 Å². The van der Waals surface area contributed by atoms with E-state index in [9.17, 15) is 14.7 Å². The van der Waals surface area contributed by atoms with Crippen molar-refractivity contribution in [1.82, 2.24) is 9.88 Å². The molecule has 1 aliphatic heterocycles. The number of aromatic nitrogens is 1. The number of para-hydroxylation sites is 1. The first-order chi connectivity index (χ1) is 12.1. The van der Waals surface area contributed by atoms with Crippen LogP contribution in [0.5, 0.6) is 5.75 Å². The van der Waals surface area contributed by atoms with E-state index in [1.165, 1.54) is 19.3 Å². The van der Waals surface area contributed by atoms with Crippen LogP contribution < -0.4 is 10.9 Å². The molecule has 0 spiro atoms. The molecule has 4 rings (SSSR count). The van der Waals surface area contributed by atoms with Gasteiger partial charge in [-0.1, -0.05) is 31.4 Å². The Morgan fingerprint density at radius 1 is 1.28 bits per heavy atom. The number of amides is 1. The Morgan fingerprint density at radius 3 is 2.80 bits per heavy atom. The Balaban J connectivity index is 1.71. The van der Waals surface area contributed by atoms with E-state index >= 15 is 0 Å². The van der Waals surface area contributed by atoms with Crippen LogP contribution in [0.4, 0.5) is 0 Å². The summed E-state index contributed by atoms with van der Waals surface area (Å²) in [7, 11) is 0. The highest BCUT2D eigenvalue weighted by Gasteiger charge is 2.29. The number of nitrogens with one attached hydrogen (secondary N) is 1. The number of benzene rings is 1. The Hall–Kier alpha value is -2.30. The van der Waals surface area contributed by atoms with Gasteiger partial charge in [0, 0.05) is 18.0 Å². The topological polar surface area (TPSA) is 71.3 Å². The van der Waals surface area contributed by atoms with E-state index in [0.717, 1.165) is 30.3 Å². The largest absolute Gasteiger partial charge is 0.506 e. The van der Waals surface area contributed by atoms with Crippen molar-refractivity contribution >= 4 is 16.8 Å². The average molecular weight is 340 g/mol. The summed E-state index contributed by atoms with van der Waals surface area (Å²) in [6.45, 7) is 2.55. The summed E-state index contributed by atoms with van der Waals surface area (Å²) in [4.78, 5) is 25.6. The standard InChI is InChI=1S/C20H24N2O3/c1-12-10-14-8-5-9-15-17(14)22(12)20(25)16(18(15)23)19(24)21-11-13-6-3-2-4-7-13/h5,8-9,12-13,23H,2-4,6-7,10-11H2,1H3,(H,21,24)/t12-/m1/s1. The summed E-state index contributed by atoms with van der Waals surface area (Å²) < 4.78 is 1.67. The van der Waals surface area contributed by atoms with Crippen molar-refractivity contribution in [2.45, 2.75) is 51.5 Å². The molecule has 1 saturated carbocycles. The third-order valence-electron chi connectivity index (χ3n) is 5.74. The van der Waals surface area contributed by atoms with Crippen LogP contribution in [0.2, 0.25) is 0 Å². The Labute approximate surface area is 146 Å². The number of carbonyl (C=O) groups is 1. The molecule has 5 heteroatoms. The van der Waals surface area contributed by atoms with Gasteiger partial charge in [0.2, 0.25) is 0 Å². The lowest BCUT2D eigenvalue weighted by Crippen LogP contribution is -2.36. The van der Waals surface area contributed by atoms with Crippen molar-refractivity contribution < 1.29 is 9.90 Å². The van der Waals surface area contributed by atoms with Crippen LogP contribution in [0.1, 0.15) is 61.0 Å². The number of pyridine rings is 1. The fourth-order valence-electron chi connectivity index (χ4n) is 4.44. The molecule has 1 amide bonds. The molecule has 2 N–H and O–H groups in total. The summed E-state index contributed by atoms with van der Waals surface area (Å²) in [5.74, 6) is -0.166. The lowest BCUT2D eigenvalue weighted by atomic mass is 9.89. The smallest absolute Gasteiger partial charge is 0.267 e. The molecule has 25 heavy (non-hydrogen) atoms. The van der Waals surface area contributed by atoms with Gasteiger partial charge in [-0.25, -0.2) is 0 Å². The van der Waals surface area contributed by atoms with Crippen LogP contribution in [0.25, 0.3) is 10.9 Å². The van der Waals surface area contributed by atoms with Gasteiger partial charge in [0.25, 0.3) is 11.5 Å². The van der Waals surface area contributed by atoms with E-state index in [1.807, 2.05) is 19.1 Å². The van der Waals surface area contributed by atoms with Gasteiger partial charge in [0.1, 0.15) is 11.3 Å². The van der Waals surface area contributed by atoms with E-state index in [4.69, 9.17) is 0 Å². The molecule has 0 unspecified atom stereocenters. The van der Waals surface area contributed by atoms with Crippen molar-refractivity contribution in [3.8, 4) is 5.75 Å². The van der Waals surface area contributed by atoms with Crippen LogP contribution in [0.3, 0.4) is 0 Å². The second-order valence-electron chi connectivity index (χ2n) is 7.48. The van der Waals surface area contributed by atoms with Crippen molar-refractivity contribution in [2.24, 2.45) is 5.92 Å². The van der Waals surface area contributed by atoms with Crippen LogP contribution in [0, 0.1) is 5.92 Å². The number of hydrogen-bond acceptors (Lipinski definition) is 3. The van der Waals surface area contributed by atoms with Crippen LogP contribution in [0.15, 0.2) is 23.0 Å². The molecule has 0 bridgehead atoms. The predicted octanol–water partition coefficient (Wildman–Crippen LogP) is 3.13. The van der Waals surface area contributed by atoms with Crippen LogP contribution in [-0.2, 0) is 6.42 Å². The van der Waals surface area contributed by atoms with Gasteiger partial charge in [-0.3, -0.25) is 9.59 Å². The van der Waals surface area contributed by atoms with E-state index < -0.39 is 5.91 Å². The maximum Gasteiger partial charge on any atom is 0.267 e. The van der Waals surface area contributed by atoms with E-state index in [1.54, 1.807) is 10.6 Å². The molecule has 1 atom stereocenters. The minimum Gasteiger partial charge on any atom is -0.506 e. The summed E-state index contributed by atoms with van der Waals surface area (Å²) >= 11 is 0. The van der Waals surface area contributed by atoms with Gasteiger partial charge in [0.15, 0.2) is 0 Å². The monoisotopic (exact) mass is 340 g/mol. The third-order valence-corrected chi connectivity index (χ3v) is 5.74.